The minimum atomic E-state index is 1.01. The fourth-order valence-electron chi connectivity index (χ4n) is 2.35. The van der Waals surface area contributed by atoms with Gasteiger partial charge < -0.3 is 5.32 Å². The summed E-state index contributed by atoms with van der Waals surface area (Å²) < 4.78 is 0. The molecular formula is C13H27N. The summed E-state index contributed by atoms with van der Waals surface area (Å²) in [6.07, 6.45) is 13.0. The molecule has 1 aliphatic heterocycles. The predicted octanol–water partition coefficient (Wildman–Crippen LogP) is 3.74. The Bertz CT molecular complexity index is 116. The van der Waals surface area contributed by atoms with Gasteiger partial charge in [0.15, 0.2) is 0 Å². The van der Waals surface area contributed by atoms with Crippen molar-refractivity contribution in [2.24, 2.45) is 5.92 Å². The van der Waals surface area contributed by atoms with E-state index in [4.69, 9.17) is 0 Å². The third-order valence-corrected chi connectivity index (χ3v) is 3.38. The van der Waals surface area contributed by atoms with Gasteiger partial charge in [-0.15, -0.1) is 0 Å². The van der Waals surface area contributed by atoms with Crippen molar-refractivity contribution in [3.8, 4) is 0 Å². The summed E-state index contributed by atoms with van der Waals surface area (Å²) in [4.78, 5) is 0. The first-order chi connectivity index (χ1) is 6.93. The second kappa shape index (κ2) is 8.28. The lowest BCUT2D eigenvalue weighted by Crippen LogP contribution is -2.08. The van der Waals surface area contributed by atoms with Crippen LogP contribution in [-0.2, 0) is 0 Å². The van der Waals surface area contributed by atoms with Crippen LogP contribution in [0.15, 0.2) is 0 Å². The van der Waals surface area contributed by atoms with Crippen LogP contribution >= 0.6 is 0 Å². The number of rotatable bonds is 8. The molecule has 1 nitrogen and oxygen atoms in total. The molecule has 1 aliphatic rings. The zero-order valence-electron chi connectivity index (χ0n) is 9.86. The summed E-state index contributed by atoms with van der Waals surface area (Å²) in [5.74, 6) is 1.01. The Balaban J connectivity index is 1.75. The maximum atomic E-state index is 3.44. The van der Waals surface area contributed by atoms with E-state index in [0.29, 0.717) is 0 Å². The van der Waals surface area contributed by atoms with Crippen LogP contribution in [0.2, 0.25) is 0 Å². The minimum absolute atomic E-state index is 1.01. The van der Waals surface area contributed by atoms with E-state index in [1.807, 2.05) is 0 Å². The first kappa shape index (κ1) is 12.0. The Morgan fingerprint density at radius 3 is 2.36 bits per heavy atom. The third-order valence-electron chi connectivity index (χ3n) is 3.38. The van der Waals surface area contributed by atoms with E-state index < -0.39 is 0 Å². The van der Waals surface area contributed by atoms with E-state index in [0.717, 1.165) is 5.92 Å². The van der Waals surface area contributed by atoms with Crippen molar-refractivity contribution in [2.75, 3.05) is 13.1 Å². The van der Waals surface area contributed by atoms with Crippen molar-refractivity contribution in [1.82, 2.24) is 5.32 Å². The highest BCUT2D eigenvalue weighted by molar-refractivity contribution is 4.70. The molecule has 1 unspecified atom stereocenters. The Hall–Kier alpha value is -0.0400. The molecule has 0 aromatic carbocycles. The van der Waals surface area contributed by atoms with Crippen LogP contribution in [0.4, 0.5) is 0 Å². The maximum absolute atomic E-state index is 3.44. The zero-order chi connectivity index (χ0) is 10.1. The minimum Gasteiger partial charge on any atom is -0.316 e. The Morgan fingerprint density at radius 1 is 1.00 bits per heavy atom. The van der Waals surface area contributed by atoms with Gasteiger partial charge in [-0.3, -0.25) is 0 Å². The Kier molecular flexibility index (Phi) is 7.12. The molecule has 1 saturated heterocycles. The van der Waals surface area contributed by atoms with Crippen molar-refractivity contribution in [2.45, 2.75) is 64.7 Å². The van der Waals surface area contributed by atoms with E-state index in [1.54, 1.807) is 0 Å². The van der Waals surface area contributed by atoms with Crippen LogP contribution in [0.5, 0.6) is 0 Å². The van der Waals surface area contributed by atoms with Gasteiger partial charge in [0, 0.05) is 0 Å². The lowest BCUT2D eigenvalue weighted by Gasteiger charge is -2.07. The van der Waals surface area contributed by atoms with Crippen LogP contribution in [0.3, 0.4) is 0 Å². The summed E-state index contributed by atoms with van der Waals surface area (Å²) >= 11 is 0. The van der Waals surface area contributed by atoms with Gasteiger partial charge in [-0.25, -0.2) is 0 Å². The van der Waals surface area contributed by atoms with E-state index in [-0.39, 0.29) is 0 Å². The monoisotopic (exact) mass is 197 g/mol. The molecule has 1 rings (SSSR count). The Morgan fingerprint density at radius 2 is 1.71 bits per heavy atom. The second-order valence-electron chi connectivity index (χ2n) is 4.77. The molecule has 84 valence electrons. The first-order valence-electron chi connectivity index (χ1n) is 6.64. The average Bonchev–Trinajstić information content (AvgIpc) is 2.69. The number of unbranched alkanes of at least 4 members (excludes halogenated alkanes) is 6. The topological polar surface area (TPSA) is 12.0 Å². The quantitative estimate of drug-likeness (QED) is 0.585. The lowest BCUT2D eigenvalue weighted by atomic mass is 9.99. The largest absolute Gasteiger partial charge is 0.316 e. The molecule has 0 aromatic heterocycles. The van der Waals surface area contributed by atoms with Crippen molar-refractivity contribution >= 4 is 0 Å². The molecule has 0 spiro atoms. The van der Waals surface area contributed by atoms with Crippen molar-refractivity contribution in [1.29, 1.82) is 0 Å². The molecule has 0 bridgehead atoms. The number of hydrogen-bond acceptors (Lipinski definition) is 1. The van der Waals surface area contributed by atoms with Gasteiger partial charge in [-0.05, 0) is 31.8 Å². The molecule has 0 aromatic rings. The molecule has 14 heavy (non-hydrogen) atoms. The van der Waals surface area contributed by atoms with Gasteiger partial charge in [-0.1, -0.05) is 51.9 Å². The van der Waals surface area contributed by atoms with Crippen LogP contribution < -0.4 is 5.32 Å². The van der Waals surface area contributed by atoms with Gasteiger partial charge in [0.1, 0.15) is 0 Å². The van der Waals surface area contributed by atoms with Crippen LogP contribution in [0.25, 0.3) is 0 Å². The summed E-state index contributed by atoms with van der Waals surface area (Å²) in [7, 11) is 0. The standard InChI is InChI=1S/C13H27N/c1-2-3-4-5-6-7-8-9-13-10-11-14-12-13/h13-14H,2-12H2,1H3. The predicted molar refractivity (Wildman–Crippen MR) is 63.6 cm³/mol. The van der Waals surface area contributed by atoms with Crippen LogP contribution in [0.1, 0.15) is 64.7 Å². The molecule has 0 aliphatic carbocycles. The average molecular weight is 197 g/mol. The van der Waals surface area contributed by atoms with E-state index >= 15 is 0 Å². The van der Waals surface area contributed by atoms with Gasteiger partial charge in [0.2, 0.25) is 0 Å². The first-order valence-corrected chi connectivity index (χ1v) is 6.64. The van der Waals surface area contributed by atoms with Crippen molar-refractivity contribution < 1.29 is 0 Å². The molecule has 1 fully saturated rings. The smallest absolute Gasteiger partial charge is 0.00200 e. The highest BCUT2D eigenvalue weighted by Gasteiger charge is 2.12. The van der Waals surface area contributed by atoms with E-state index in [2.05, 4.69) is 12.2 Å². The molecule has 0 radical (unpaired) electrons. The summed E-state index contributed by atoms with van der Waals surface area (Å²) in [5, 5.41) is 3.44. The van der Waals surface area contributed by atoms with Gasteiger partial charge in [0.05, 0.1) is 0 Å². The Labute approximate surface area is 89.7 Å². The summed E-state index contributed by atoms with van der Waals surface area (Å²) in [6, 6.07) is 0. The van der Waals surface area contributed by atoms with E-state index in [9.17, 15) is 0 Å². The lowest BCUT2D eigenvalue weighted by molar-refractivity contribution is 0.481. The number of nitrogens with one attached hydrogen (secondary N) is 1. The third kappa shape index (κ3) is 5.64. The van der Waals surface area contributed by atoms with Gasteiger partial charge in [-0.2, -0.15) is 0 Å². The van der Waals surface area contributed by atoms with Gasteiger partial charge in [0.25, 0.3) is 0 Å². The van der Waals surface area contributed by atoms with E-state index in [1.165, 1.54) is 70.9 Å². The maximum Gasteiger partial charge on any atom is -0.00200 e. The molecule has 1 N–H and O–H groups in total. The van der Waals surface area contributed by atoms with Crippen LogP contribution in [0, 0.1) is 5.92 Å². The molecule has 0 amide bonds. The molecular weight excluding hydrogens is 170 g/mol. The highest BCUT2D eigenvalue weighted by Crippen LogP contribution is 2.17. The van der Waals surface area contributed by atoms with Crippen molar-refractivity contribution in [3.63, 3.8) is 0 Å². The second-order valence-corrected chi connectivity index (χ2v) is 4.77. The zero-order valence-corrected chi connectivity index (χ0v) is 9.86. The fraction of sp³-hybridized carbons (Fsp3) is 1.00. The van der Waals surface area contributed by atoms with Crippen molar-refractivity contribution in [3.05, 3.63) is 0 Å². The number of hydrogen-bond donors (Lipinski definition) is 1. The van der Waals surface area contributed by atoms with Crippen LogP contribution in [-0.4, -0.2) is 13.1 Å². The fourth-order valence-corrected chi connectivity index (χ4v) is 2.35. The SMILES string of the molecule is CCCCCCCCCC1CCNC1. The molecule has 0 saturated carbocycles. The summed E-state index contributed by atoms with van der Waals surface area (Å²) in [5.41, 5.74) is 0. The van der Waals surface area contributed by atoms with Gasteiger partial charge >= 0.3 is 0 Å². The molecule has 1 heteroatoms. The summed E-state index contributed by atoms with van der Waals surface area (Å²) in [6.45, 7) is 4.84. The molecule has 1 atom stereocenters. The highest BCUT2D eigenvalue weighted by atomic mass is 14.9. The normalized spacial score (nSPS) is 21.6. The molecule has 1 heterocycles.